The van der Waals surface area contributed by atoms with E-state index >= 15 is 0 Å². The van der Waals surface area contributed by atoms with Crippen LogP contribution in [0, 0.1) is 0 Å². The summed E-state index contributed by atoms with van der Waals surface area (Å²) in [5.41, 5.74) is 0. The summed E-state index contributed by atoms with van der Waals surface area (Å²) in [7, 11) is 0. The van der Waals surface area contributed by atoms with Crippen LogP contribution in [0.25, 0.3) is 0 Å². The van der Waals surface area contributed by atoms with Crippen molar-refractivity contribution in [1.29, 1.82) is 0 Å². The second-order valence-electron chi connectivity index (χ2n) is 1.44. The molecule has 1 rings (SSSR count). The lowest BCUT2D eigenvalue weighted by Gasteiger charge is -2.11. The largest absolute Gasteiger partial charge is 0.465 e. The van der Waals surface area contributed by atoms with Gasteiger partial charge in [0, 0.05) is 0 Å². The van der Waals surface area contributed by atoms with Crippen molar-refractivity contribution in [1.82, 2.24) is 4.90 Å². The average molecular weight is 131 g/mol. The number of rotatable bonds is 0. The molecule has 1 heterocycles. The Morgan fingerprint density at radius 3 is 2.67 bits per heavy atom. The lowest BCUT2D eigenvalue weighted by molar-refractivity contribution is -0.107. The van der Waals surface area contributed by atoms with Crippen LogP contribution in [-0.2, 0) is 4.74 Å². The number of carbonyl (C=O) groups is 1. The van der Waals surface area contributed by atoms with Crippen LogP contribution >= 0.6 is 0 Å². The van der Waals surface area contributed by atoms with Crippen molar-refractivity contribution in [3.63, 3.8) is 0 Å². The topological polar surface area (TPSA) is 70.0 Å². The second-order valence-corrected chi connectivity index (χ2v) is 1.44. The predicted octanol–water partition coefficient (Wildman–Crippen LogP) is -0.256. The van der Waals surface area contributed by atoms with E-state index in [0.717, 1.165) is 12.5 Å². The van der Waals surface area contributed by atoms with E-state index in [0.29, 0.717) is 4.90 Å². The van der Waals surface area contributed by atoms with Crippen LogP contribution in [0.15, 0.2) is 12.5 Å². The highest BCUT2D eigenvalue weighted by atomic mass is 16.6. The molecule has 0 spiro atoms. The van der Waals surface area contributed by atoms with Crippen molar-refractivity contribution in [2.45, 2.75) is 6.41 Å². The summed E-state index contributed by atoms with van der Waals surface area (Å²) < 4.78 is 4.35. The maximum atomic E-state index is 10.0. The first-order valence-electron chi connectivity index (χ1n) is 2.23. The lowest BCUT2D eigenvalue weighted by Crippen LogP contribution is -2.31. The highest BCUT2D eigenvalue weighted by Gasteiger charge is 2.22. The molecule has 5 nitrogen and oxygen atoms in total. The van der Waals surface area contributed by atoms with Gasteiger partial charge in [-0.3, -0.25) is 0 Å². The highest BCUT2D eigenvalue weighted by Crippen LogP contribution is 2.07. The summed E-state index contributed by atoms with van der Waals surface area (Å²) in [5.74, 6) is 0. The van der Waals surface area contributed by atoms with Crippen LogP contribution in [0.5, 0.6) is 0 Å². The fraction of sp³-hybridized carbons (Fsp3) is 0.250. The molecule has 0 aromatic carbocycles. The van der Waals surface area contributed by atoms with Gasteiger partial charge in [-0.05, 0) is 0 Å². The summed E-state index contributed by atoms with van der Waals surface area (Å²) in [6.45, 7) is 0. The molecule has 0 aromatic rings. The Hall–Kier alpha value is -1.23. The van der Waals surface area contributed by atoms with Gasteiger partial charge in [-0.1, -0.05) is 0 Å². The number of aliphatic hydroxyl groups is 1. The zero-order valence-electron chi connectivity index (χ0n) is 4.39. The average Bonchev–Trinajstić information content (AvgIpc) is 2.13. The zero-order valence-corrected chi connectivity index (χ0v) is 4.39. The summed E-state index contributed by atoms with van der Waals surface area (Å²) in [5, 5.41) is 16.8. The molecule has 0 aromatic heterocycles. The summed E-state index contributed by atoms with van der Waals surface area (Å²) in [6.07, 6.45) is -0.370. The molecule has 0 saturated carbocycles. The van der Waals surface area contributed by atoms with Gasteiger partial charge in [0.1, 0.15) is 6.26 Å². The first-order chi connectivity index (χ1) is 4.22. The van der Waals surface area contributed by atoms with Crippen molar-refractivity contribution < 1.29 is 19.7 Å². The molecule has 1 aliphatic rings. The summed E-state index contributed by atoms with van der Waals surface area (Å²) in [6, 6.07) is 0. The third-order valence-corrected chi connectivity index (χ3v) is 0.881. The Bertz CT molecular complexity index is 155. The van der Waals surface area contributed by atoms with Crippen molar-refractivity contribution in [3.8, 4) is 0 Å². The smallest absolute Gasteiger partial charge is 0.416 e. The van der Waals surface area contributed by atoms with Crippen molar-refractivity contribution >= 4 is 6.09 Å². The fourth-order valence-corrected chi connectivity index (χ4v) is 0.468. The minimum absolute atomic E-state index is 0.639. The van der Waals surface area contributed by atoms with E-state index in [-0.39, 0.29) is 0 Å². The normalized spacial score (nSPS) is 24.1. The number of hydrogen-bond acceptors (Lipinski definition) is 3. The summed E-state index contributed by atoms with van der Waals surface area (Å²) in [4.78, 5) is 10.7. The SMILES string of the molecule is O=C(O)N1C=COC1O. The molecule has 1 amide bonds. The Kier molecular flexibility index (Phi) is 1.27. The number of ether oxygens (including phenoxy) is 1. The number of amides is 1. The standard InChI is InChI=1S/C4H5NO4/c6-3(7)5-1-2-9-4(5)8/h1-2,4,8H,(H,6,7). The molecule has 0 bridgehead atoms. The molecule has 0 saturated heterocycles. The van der Waals surface area contributed by atoms with Gasteiger partial charge in [0.15, 0.2) is 0 Å². The molecule has 1 atom stereocenters. The van der Waals surface area contributed by atoms with E-state index < -0.39 is 12.5 Å². The molecule has 9 heavy (non-hydrogen) atoms. The molecular formula is C4H5NO4. The highest BCUT2D eigenvalue weighted by molar-refractivity contribution is 5.66. The van der Waals surface area contributed by atoms with Gasteiger partial charge < -0.3 is 14.9 Å². The van der Waals surface area contributed by atoms with Gasteiger partial charge in [-0.15, -0.1) is 0 Å². The molecule has 1 aliphatic heterocycles. The Morgan fingerprint density at radius 2 is 2.44 bits per heavy atom. The van der Waals surface area contributed by atoms with Crippen LogP contribution in [0.3, 0.4) is 0 Å². The molecule has 2 N–H and O–H groups in total. The first-order valence-corrected chi connectivity index (χ1v) is 2.23. The number of aliphatic hydroxyl groups excluding tert-OH is 1. The van der Waals surface area contributed by atoms with Crippen LogP contribution < -0.4 is 0 Å². The van der Waals surface area contributed by atoms with Gasteiger partial charge in [-0.25, -0.2) is 9.69 Å². The third kappa shape index (κ3) is 0.945. The fourth-order valence-electron chi connectivity index (χ4n) is 0.468. The van der Waals surface area contributed by atoms with Gasteiger partial charge in [0.2, 0.25) is 0 Å². The van der Waals surface area contributed by atoms with Crippen LogP contribution in [0.4, 0.5) is 4.79 Å². The Labute approximate surface area is 50.8 Å². The maximum absolute atomic E-state index is 10.0. The van der Waals surface area contributed by atoms with Crippen LogP contribution in [-0.4, -0.2) is 27.6 Å². The maximum Gasteiger partial charge on any atom is 0.416 e. The molecule has 0 radical (unpaired) electrons. The molecule has 50 valence electrons. The first kappa shape index (κ1) is 5.90. The van der Waals surface area contributed by atoms with E-state index in [2.05, 4.69) is 4.74 Å². The summed E-state index contributed by atoms with van der Waals surface area (Å²) >= 11 is 0. The number of hydrogen-bond donors (Lipinski definition) is 2. The van der Waals surface area contributed by atoms with Gasteiger partial charge in [0.25, 0.3) is 6.41 Å². The van der Waals surface area contributed by atoms with Crippen LogP contribution in [0.2, 0.25) is 0 Å². The van der Waals surface area contributed by atoms with Gasteiger partial charge in [0.05, 0.1) is 6.20 Å². The lowest BCUT2D eigenvalue weighted by atomic mass is 10.8. The number of nitrogens with zero attached hydrogens (tertiary/aromatic N) is 1. The quantitative estimate of drug-likeness (QED) is 0.475. The Balaban J connectivity index is 2.59. The Morgan fingerprint density at radius 1 is 1.78 bits per heavy atom. The molecule has 1 unspecified atom stereocenters. The number of carboxylic acid groups (broad SMARTS) is 1. The minimum atomic E-state index is -1.37. The van der Waals surface area contributed by atoms with E-state index in [4.69, 9.17) is 10.2 Å². The molecule has 0 fully saturated rings. The van der Waals surface area contributed by atoms with Gasteiger partial charge >= 0.3 is 6.09 Å². The molecular weight excluding hydrogens is 126 g/mol. The second kappa shape index (κ2) is 1.94. The van der Waals surface area contributed by atoms with E-state index in [9.17, 15) is 4.79 Å². The predicted molar refractivity (Wildman–Crippen MR) is 26.1 cm³/mol. The molecule has 5 heteroatoms. The van der Waals surface area contributed by atoms with Crippen molar-refractivity contribution in [3.05, 3.63) is 12.5 Å². The molecule has 0 aliphatic carbocycles. The monoisotopic (exact) mass is 131 g/mol. The minimum Gasteiger partial charge on any atom is -0.465 e. The van der Waals surface area contributed by atoms with Crippen LogP contribution in [0.1, 0.15) is 0 Å². The van der Waals surface area contributed by atoms with Crippen molar-refractivity contribution in [2.75, 3.05) is 0 Å². The van der Waals surface area contributed by atoms with Gasteiger partial charge in [-0.2, -0.15) is 0 Å². The van der Waals surface area contributed by atoms with E-state index in [1.807, 2.05) is 0 Å². The van der Waals surface area contributed by atoms with Crippen molar-refractivity contribution in [2.24, 2.45) is 0 Å². The van der Waals surface area contributed by atoms with E-state index in [1.54, 1.807) is 0 Å². The van der Waals surface area contributed by atoms with E-state index in [1.165, 1.54) is 0 Å². The zero-order chi connectivity index (χ0) is 6.85. The third-order valence-electron chi connectivity index (χ3n) is 0.881.